The number of phenolic OH excluding ortho intramolecular Hbond substituents is 1. The average molecular weight is 864 g/mol. The van der Waals surface area contributed by atoms with Crippen molar-refractivity contribution in [1.29, 1.82) is 0 Å². The summed E-state index contributed by atoms with van der Waals surface area (Å²) in [6.45, 7) is 3.33. The van der Waals surface area contributed by atoms with Crippen LogP contribution in [0.15, 0.2) is 109 Å². The Labute approximate surface area is 358 Å². The summed E-state index contributed by atoms with van der Waals surface area (Å²) in [5.74, 6) is -6.63. The number of anilines is 4. The van der Waals surface area contributed by atoms with Crippen LogP contribution in [0, 0.1) is 10.1 Å². The number of primary amides is 1. The molecule has 1 aliphatic rings. The summed E-state index contributed by atoms with van der Waals surface area (Å²) in [7, 11) is 1.12. The van der Waals surface area contributed by atoms with Crippen LogP contribution in [0.5, 0.6) is 11.5 Å². The molecule has 1 aliphatic carbocycles. The first-order valence-corrected chi connectivity index (χ1v) is 18.9. The van der Waals surface area contributed by atoms with Gasteiger partial charge in [0.05, 0.1) is 22.9 Å². The Morgan fingerprint density at radius 2 is 1.29 bits per heavy atom. The SMILES string of the molecule is COC(C(N)=O)C(NC(=O)c1ccc(NC(=O)C2=CCC([N+](=O)[O-])C=C2)cc1)C(=O)Nc1ccc(C(=O)Nc2ccc(C(=O)Nc3ccc(C(=O)O)cc3)c(O)c2OC(C)C)cc1. The van der Waals surface area contributed by atoms with Gasteiger partial charge in [0.2, 0.25) is 17.9 Å². The summed E-state index contributed by atoms with van der Waals surface area (Å²) in [4.78, 5) is 99.8. The summed E-state index contributed by atoms with van der Waals surface area (Å²) < 4.78 is 10.9. The van der Waals surface area contributed by atoms with Crippen LogP contribution in [0.1, 0.15) is 61.7 Å². The second kappa shape index (κ2) is 20.2. The summed E-state index contributed by atoms with van der Waals surface area (Å²) in [6.07, 6.45) is 2.05. The number of nitrogens with two attached hydrogens (primary N) is 1. The fourth-order valence-electron chi connectivity index (χ4n) is 5.98. The van der Waals surface area contributed by atoms with Crippen molar-refractivity contribution in [3.8, 4) is 11.5 Å². The summed E-state index contributed by atoms with van der Waals surface area (Å²) in [6, 6.07) is 16.4. The van der Waals surface area contributed by atoms with Crippen molar-refractivity contribution in [2.75, 3.05) is 28.4 Å². The Balaban J connectivity index is 1.24. The first kappa shape index (κ1) is 45.7. The second-order valence-electron chi connectivity index (χ2n) is 14.0. The van der Waals surface area contributed by atoms with E-state index in [0.29, 0.717) is 5.69 Å². The predicted molar refractivity (Wildman–Crippen MR) is 227 cm³/mol. The van der Waals surface area contributed by atoms with E-state index < -0.39 is 76.4 Å². The molecular weight excluding hydrogens is 823 g/mol. The number of hydrogen-bond acceptors (Lipinski definition) is 12. The van der Waals surface area contributed by atoms with E-state index in [4.69, 9.17) is 20.3 Å². The van der Waals surface area contributed by atoms with Crippen LogP contribution < -0.4 is 37.1 Å². The molecule has 4 aromatic carbocycles. The highest BCUT2D eigenvalue weighted by molar-refractivity contribution is 6.10. The van der Waals surface area contributed by atoms with Crippen LogP contribution >= 0.6 is 0 Å². The highest BCUT2D eigenvalue weighted by atomic mass is 16.6. The lowest BCUT2D eigenvalue weighted by Crippen LogP contribution is -2.56. The van der Waals surface area contributed by atoms with Gasteiger partial charge in [0.1, 0.15) is 6.04 Å². The largest absolute Gasteiger partial charge is 0.504 e. The maximum atomic E-state index is 13.5. The molecule has 0 saturated heterocycles. The number of rotatable bonds is 17. The molecule has 5 rings (SSSR count). The number of aromatic hydroxyl groups is 1. The number of methoxy groups -OCH3 is 1. The van der Waals surface area contributed by atoms with Gasteiger partial charge >= 0.3 is 5.97 Å². The summed E-state index contributed by atoms with van der Waals surface area (Å²) >= 11 is 0. The smallest absolute Gasteiger partial charge is 0.335 e. The van der Waals surface area contributed by atoms with Crippen LogP contribution in [0.2, 0.25) is 0 Å². The molecule has 0 aliphatic heterocycles. The van der Waals surface area contributed by atoms with E-state index in [1.165, 1.54) is 103 Å². The van der Waals surface area contributed by atoms with Crippen molar-refractivity contribution >= 4 is 64.2 Å². The third-order valence-corrected chi connectivity index (χ3v) is 9.20. The molecule has 0 bridgehead atoms. The van der Waals surface area contributed by atoms with Crippen LogP contribution in [-0.2, 0) is 19.1 Å². The van der Waals surface area contributed by atoms with Crippen molar-refractivity contribution in [3.05, 3.63) is 141 Å². The van der Waals surface area contributed by atoms with Crippen LogP contribution in [0.3, 0.4) is 0 Å². The number of aromatic carboxylic acids is 1. The third kappa shape index (κ3) is 11.7. The number of carbonyl (C=O) groups excluding carboxylic acids is 6. The Bertz CT molecular complexity index is 2500. The number of amides is 6. The van der Waals surface area contributed by atoms with E-state index in [1.807, 2.05) is 0 Å². The number of ether oxygens (including phenoxy) is 2. The third-order valence-electron chi connectivity index (χ3n) is 9.20. The average Bonchev–Trinajstić information content (AvgIpc) is 3.25. The standard InChI is InChI=1S/C43H41N7O13/c1-22(2)63-35-32(21-20-31(34(35)51)41(56)46-28-16-8-26(9-17-28)43(58)59)48-39(54)23-4-14-29(15-5-23)47-42(57)33(36(62-3)37(44)52)49-40(55)24-6-12-27(13-7-24)45-38(53)25-10-18-30(19-11-25)50(60)61/h4-18,20-22,30,33,36,51H,19H2,1-3H3,(H2,44,52)(H,45,53)(H,46,56)(H,47,57)(H,48,54)(H,49,55)(H,58,59). The number of hydrogen-bond donors (Lipinski definition) is 8. The zero-order valence-corrected chi connectivity index (χ0v) is 33.7. The molecule has 4 aromatic rings. The quantitative estimate of drug-likeness (QED) is 0.0549. The number of nitrogens with zero attached hydrogens (tertiary/aromatic N) is 1. The molecule has 0 heterocycles. The molecule has 9 N–H and O–H groups in total. The van der Waals surface area contributed by atoms with Gasteiger partial charge in [-0.1, -0.05) is 6.08 Å². The van der Waals surface area contributed by atoms with Gasteiger partial charge in [-0.05, 0) is 111 Å². The van der Waals surface area contributed by atoms with Gasteiger partial charge in [0.25, 0.3) is 23.6 Å². The number of benzene rings is 4. The molecule has 3 atom stereocenters. The molecule has 326 valence electrons. The molecular formula is C43H41N7O13. The second-order valence-corrected chi connectivity index (χ2v) is 14.0. The maximum Gasteiger partial charge on any atom is 0.335 e. The van der Waals surface area contributed by atoms with Crippen molar-refractivity contribution in [2.24, 2.45) is 5.73 Å². The molecule has 0 fully saturated rings. The zero-order chi connectivity index (χ0) is 46.0. The maximum absolute atomic E-state index is 13.5. The molecule has 3 unspecified atom stereocenters. The molecule has 20 nitrogen and oxygen atoms in total. The minimum Gasteiger partial charge on any atom is -0.504 e. The topological polar surface area (TPSA) is 308 Å². The van der Waals surface area contributed by atoms with Gasteiger partial charge < -0.3 is 52.0 Å². The van der Waals surface area contributed by atoms with Gasteiger partial charge in [-0.3, -0.25) is 38.9 Å². The van der Waals surface area contributed by atoms with E-state index in [9.17, 15) is 48.8 Å². The van der Waals surface area contributed by atoms with Gasteiger partial charge in [-0.2, -0.15) is 0 Å². The summed E-state index contributed by atoms with van der Waals surface area (Å²) in [5.41, 5.74) is 6.36. The zero-order valence-electron chi connectivity index (χ0n) is 33.7. The van der Waals surface area contributed by atoms with E-state index in [0.717, 1.165) is 7.11 Å². The number of carboxylic acid groups (broad SMARTS) is 1. The number of carboxylic acids is 1. The van der Waals surface area contributed by atoms with Gasteiger partial charge in [0, 0.05) is 52.2 Å². The van der Waals surface area contributed by atoms with Gasteiger partial charge in [-0.15, -0.1) is 0 Å². The van der Waals surface area contributed by atoms with Crippen LogP contribution in [-0.4, -0.2) is 88.0 Å². The number of nitrogens with one attached hydrogen (secondary N) is 5. The lowest BCUT2D eigenvalue weighted by atomic mass is 10.0. The molecule has 20 heteroatoms. The van der Waals surface area contributed by atoms with E-state index >= 15 is 0 Å². The minimum atomic E-state index is -1.65. The highest BCUT2D eigenvalue weighted by Crippen LogP contribution is 2.39. The Hall–Kier alpha value is -8.39. The molecule has 0 radical (unpaired) electrons. The normalized spacial score (nSPS) is 14.0. The molecule has 0 spiro atoms. The first-order chi connectivity index (χ1) is 29.9. The Morgan fingerprint density at radius 1 is 0.746 bits per heavy atom. The fourth-order valence-corrected chi connectivity index (χ4v) is 5.98. The molecule has 0 aromatic heterocycles. The molecule has 0 saturated carbocycles. The van der Waals surface area contributed by atoms with Crippen molar-refractivity contribution in [1.82, 2.24) is 5.32 Å². The van der Waals surface area contributed by atoms with Gasteiger partial charge in [0.15, 0.2) is 17.6 Å². The minimum absolute atomic E-state index is 0.0109. The van der Waals surface area contributed by atoms with E-state index in [-0.39, 0.29) is 57.1 Å². The first-order valence-electron chi connectivity index (χ1n) is 18.9. The van der Waals surface area contributed by atoms with E-state index in [1.54, 1.807) is 13.8 Å². The van der Waals surface area contributed by atoms with Crippen LogP contribution in [0.25, 0.3) is 0 Å². The number of phenols is 1. The highest BCUT2D eigenvalue weighted by Gasteiger charge is 2.35. The van der Waals surface area contributed by atoms with Gasteiger partial charge in [-0.25, -0.2) is 4.79 Å². The lowest BCUT2D eigenvalue weighted by molar-refractivity contribution is -0.508. The molecule has 6 amide bonds. The predicted octanol–water partition coefficient (Wildman–Crippen LogP) is 4.09. The monoisotopic (exact) mass is 863 g/mol. The van der Waals surface area contributed by atoms with Crippen LogP contribution in [0.4, 0.5) is 22.7 Å². The lowest BCUT2D eigenvalue weighted by Gasteiger charge is -2.24. The summed E-state index contributed by atoms with van der Waals surface area (Å²) in [5, 5.41) is 44.0. The Morgan fingerprint density at radius 3 is 1.78 bits per heavy atom. The van der Waals surface area contributed by atoms with E-state index in [2.05, 4.69) is 26.6 Å². The fraction of sp³-hybridized carbons (Fsp3) is 0.186. The number of carbonyl (C=O) groups is 7. The van der Waals surface area contributed by atoms with Crippen molar-refractivity contribution in [2.45, 2.75) is 44.6 Å². The van der Waals surface area contributed by atoms with Crippen molar-refractivity contribution < 1.29 is 58.2 Å². The number of nitro groups is 1. The van der Waals surface area contributed by atoms with Crippen molar-refractivity contribution in [3.63, 3.8) is 0 Å². The Kier molecular flexibility index (Phi) is 14.7. The molecule has 63 heavy (non-hydrogen) atoms.